The summed E-state index contributed by atoms with van der Waals surface area (Å²) in [5.74, 6) is 0.856. The van der Waals surface area contributed by atoms with E-state index in [4.69, 9.17) is 9.72 Å². The van der Waals surface area contributed by atoms with Crippen LogP contribution in [-0.4, -0.2) is 16.7 Å². The van der Waals surface area contributed by atoms with E-state index < -0.39 is 0 Å². The van der Waals surface area contributed by atoms with E-state index >= 15 is 0 Å². The van der Waals surface area contributed by atoms with Gasteiger partial charge in [-0.1, -0.05) is 31.4 Å². The number of aromatic nitrogens is 2. The molecule has 0 saturated heterocycles. The molecule has 1 aliphatic carbocycles. The van der Waals surface area contributed by atoms with Crippen LogP contribution in [0, 0.1) is 13.8 Å². The van der Waals surface area contributed by atoms with Crippen molar-refractivity contribution in [1.29, 1.82) is 0 Å². The van der Waals surface area contributed by atoms with Gasteiger partial charge >= 0.3 is 0 Å². The summed E-state index contributed by atoms with van der Waals surface area (Å²) in [6.07, 6.45) is 8.40. The predicted molar refractivity (Wildman–Crippen MR) is 113 cm³/mol. The van der Waals surface area contributed by atoms with E-state index in [0.29, 0.717) is 6.04 Å². The Kier molecular flexibility index (Phi) is 5.21. The summed E-state index contributed by atoms with van der Waals surface area (Å²) in [5, 5.41) is 0.750. The normalized spacial score (nSPS) is 15.1. The molecule has 0 atom stereocenters. The molecular weight excluding hydrogens is 348 g/mol. The summed E-state index contributed by atoms with van der Waals surface area (Å²) < 4.78 is 7.14. The lowest BCUT2D eigenvalue weighted by molar-refractivity contribution is 0.345. The molecule has 0 radical (unpaired) electrons. The van der Waals surface area contributed by atoms with Crippen LogP contribution >= 0.6 is 0 Å². The van der Waals surface area contributed by atoms with Gasteiger partial charge in [0.25, 0.3) is 5.56 Å². The van der Waals surface area contributed by atoms with Crippen molar-refractivity contribution in [2.75, 3.05) is 7.11 Å². The van der Waals surface area contributed by atoms with Gasteiger partial charge in [0, 0.05) is 6.04 Å². The van der Waals surface area contributed by atoms with Crippen LogP contribution in [0.15, 0.2) is 41.5 Å². The van der Waals surface area contributed by atoms with Gasteiger partial charge in [-0.3, -0.25) is 9.36 Å². The molecule has 1 aliphatic rings. The predicted octanol–water partition coefficient (Wildman–Crippen LogP) is 5.12. The molecule has 2 aromatic carbocycles. The Hall–Kier alpha value is -2.62. The molecule has 0 aliphatic heterocycles. The highest BCUT2D eigenvalue weighted by Gasteiger charge is 2.19. The number of methoxy groups -OCH3 is 1. The average molecular weight is 377 g/mol. The fourth-order valence-corrected chi connectivity index (χ4v) is 4.38. The quantitative estimate of drug-likeness (QED) is 0.635. The minimum absolute atomic E-state index is 0.107. The van der Waals surface area contributed by atoms with Crippen molar-refractivity contribution in [3.05, 3.63) is 69.3 Å². The number of nitrogens with zero attached hydrogens (tertiary/aromatic N) is 2. The van der Waals surface area contributed by atoms with Gasteiger partial charge in [0.1, 0.15) is 5.75 Å². The van der Waals surface area contributed by atoms with Crippen molar-refractivity contribution in [2.24, 2.45) is 0 Å². The highest BCUT2D eigenvalue weighted by Crippen LogP contribution is 2.28. The van der Waals surface area contributed by atoms with E-state index in [1.54, 1.807) is 13.4 Å². The molecule has 4 heteroatoms. The van der Waals surface area contributed by atoms with Gasteiger partial charge in [0.2, 0.25) is 0 Å². The third-order valence-electron chi connectivity index (χ3n) is 6.27. The Morgan fingerprint density at radius 3 is 2.46 bits per heavy atom. The molecule has 0 N–H and O–H groups in total. The molecule has 1 aromatic heterocycles. The minimum Gasteiger partial charge on any atom is -0.497 e. The minimum atomic E-state index is 0.107. The van der Waals surface area contributed by atoms with E-state index in [-0.39, 0.29) is 5.56 Å². The van der Waals surface area contributed by atoms with Crippen LogP contribution in [0.5, 0.6) is 5.75 Å². The van der Waals surface area contributed by atoms with Gasteiger partial charge in [-0.05, 0) is 73.6 Å². The largest absolute Gasteiger partial charge is 0.497 e. The maximum Gasteiger partial charge on any atom is 0.261 e. The van der Waals surface area contributed by atoms with E-state index in [0.717, 1.165) is 41.5 Å². The molecule has 28 heavy (non-hydrogen) atoms. The summed E-state index contributed by atoms with van der Waals surface area (Å²) in [5.41, 5.74) is 5.66. The number of ether oxygens (including phenoxy) is 1. The third-order valence-corrected chi connectivity index (χ3v) is 6.27. The highest BCUT2D eigenvalue weighted by molar-refractivity contribution is 5.83. The molecule has 146 valence electrons. The first kappa shape index (κ1) is 18.7. The summed E-state index contributed by atoms with van der Waals surface area (Å²) in [4.78, 5) is 18.0. The molecular formula is C24H28N2O2. The number of hydrogen-bond acceptors (Lipinski definition) is 3. The second-order valence-corrected chi connectivity index (χ2v) is 7.96. The van der Waals surface area contributed by atoms with Crippen LogP contribution in [0.3, 0.4) is 0 Å². The number of rotatable bonds is 4. The summed E-state index contributed by atoms with van der Waals surface area (Å²) in [6, 6.07) is 10.5. The van der Waals surface area contributed by atoms with Crippen molar-refractivity contribution >= 4 is 10.9 Å². The van der Waals surface area contributed by atoms with Crippen LogP contribution < -0.4 is 10.3 Å². The zero-order chi connectivity index (χ0) is 19.7. The summed E-state index contributed by atoms with van der Waals surface area (Å²) in [7, 11) is 1.68. The molecule has 0 amide bonds. The van der Waals surface area contributed by atoms with Gasteiger partial charge in [-0.2, -0.15) is 0 Å². The van der Waals surface area contributed by atoms with Crippen molar-refractivity contribution in [2.45, 2.75) is 58.4 Å². The fourth-order valence-electron chi connectivity index (χ4n) is 4.38. The smallest absolute Gasteiger partial charge is 0.261 e. The second-order valence-electron chi connectivity index (χ2n) is 7.96. The Balaban J connectivity index is 1.77. The molecule has 1 heterocycles. The molecule has 3 aromatic rings. The lowest BCUT2D eigenvalue weighted by atomic mass is 9.93. The number of benzene rings is 2. The van der Waals surface area contributed by atoms with E-state index in [1.807, 2.05) is 16.7 Å². The molecule has 0 unspecified atom stereocenters. The zero-order valence-electron chi connectivity index (χ0n) is 17.0. The molecule has 4 nitrogen and oxygen atoms in total. The average Bonchev–Trinajstić information content (AvgIpc) is 2.73. The molecule has 1 saturated carbocycles. The Morgan fingerprint density at radius 2 is 1.79 bits per heavy atom. The SMILES string of the molecule is COc1ccc(Cc2cc3c(=O)n(C4CCCCC4)cnc3c(C)c2C)cc1. The topological polar surface area (TPSA) is 44.1 Å². The third kappa shape index (κ3) is 3.44. The van der Waals surface area contributed by atoms with Gasteiger partial charge < -0.3 is 4.74 Å². The van der Waals surface area contributed by atoms with Crippen LogP contribution in [0.2, 0.25) is 0 Å². The monoisotopic (exact) mass is 376 g/mol. The van der Waals surface area contributed by atoms with E-state index in [1.165, 1.54) is 36.0 Å². The Bertz CT molecular complexity index is 1040. The molecule has 0 bridgehead atoms. The molecule has 1 fully saturated rings. The lowest BCUT2D eigenvalue weighted by Gasteiger charge is -2.24. The standard InChI is InChI=1S/C24H28N2O2/c1-16-17(2)23-22(14-19(16)13-18-9-11-21(28-3)12-10-18)24(27)26(15-25-23)20-7-5-4-6-8-20/h9-12,14-15,20H,4-8,13H2,1-3H3. The number of hydrogen-bond donors (Lipinski definition) is 0. The summed E-state index contributed by atoms with van der Waals surface area (Å²) >= 11 is 0. The van der Waals surface area contributed by atoms with Crippen molar-refractivity contribution in [1.82, 2.24) is 9.55 Å². The zero-order valence-corrected chi connectivity index (χ0v) is 17.0. The second kappa shape index (κ2) is 7.78. The number of aryl methyl sites for hydroxylation is 1. The molecule has 0 spiro atoms. The fraction of sp³-hybridized carbons (Fsp3) is 0.417. The van der Waals surface area contributed by atoms with Crippen LogP contribution in [0.4, 0.5) is 0 Å². The van der Waals surface area contributed by atoms with E-state index in [2.05, 4.69) is 32.0 Å². The van der Waals surface area contributed by atoms with Crippen molar-refractivity contribution in [3.8, 4) is 5.75 Å². The van der Waals surface area contributed by atoms with Gasteiger partial charge in [-0.25, -0.2) is 4.98 Å². The first-order chi connectivity index (χ1) is 13.6. The lowest BCUT2D eigenvalue weighted by Crippen LogP contribution is -2.27. The van der Waals surface area contributed by atoms with Gasteiger partial charge in [0.05, 0.1) is 24.3 Å². The van der Waals surface area contributed by atoms with Crippen LogP contribution in [0.1, 0.15) is 60.4 Å². The van der Waals surface area contributed by atoms with Crippen molar-refractivity contribution < 1.29 is 4.74 Å². The first-order valence-electron chi connectivity index (χ1n) is 10.2. The summed E-state index contributed by atoms with van der Waals surface area (Å²) in [6.45, 7) is 4.20. The van der Waals surface area contributed by atoms with Gasteiger partial charge in [-0.15, -0.1) is 0 Å². The van der Waals surface area contributed by atoms with Gasteiger partial charge in [0.15, 0.2) is 0 Å². The van der Waals surface area contributed by atoms with Crippen LogP contribution in [0.25, 0.3) is 10.9 Å². The Labute approximate surface area is 166 Å². The number of fused-ring (bicyclic) bond motifs is 1. The van der Waals surface area contributed by atoms with E-state index in [9.17, 15) is 4.79 Å². The van der Waals surface area contributed by atoms with Crippen LogP contribution in [-0.2, 0) is 6.42 Å². The van der Waals surface area contributed by atoms with Crippen molar-refractivity contribution in [3.63, 3.8) is 0 Å². The highest BCUT2D eigenvalue weighted by atomic mass is 16.5. The maximum atomic E-state index is 13.3. The Morgan fingerprint density at radius 1 is 1.07 bits per heavy atom. The first-order valence-corrected chi connectivity index (χ1v) is 10.2. The molecule has 4 rings (SSSR count). The maximum absolute atomic E-state index is 13.3.